The van der Waals surface area contributed by atoms with Crippen LogP contribution >= 0.6 is 0 Å². The number of carbonyl (C=O) groups is 3. The summed E-state index contributed by atoms with van der Waals surface area (Å²) in [5, 5.41) is 0. The van der Waals surface area contributed by atoms with Crippen molar-refractivity contribution < 1.29 is 19.1 Å². The van der Waals surface area contributed by atoms with Crippen LogP contribution in [0.15, 0.2) is 23.3 Å². The summed E-state index contributed by atoms with van der Waals surface area (Å²) in [4.78, 5) is 39.9. The third-order valence-electron chi connectivity index (χ3n) is 12.4. The zero-order chi connectivity index (χ0) is 25.8. The Bertz CT molecular complexity index is 1080. The van der Waals surface area contributed by atoms with Crippen LogP contribution in [0.1, 0.15) is 99.8 Å². The van der Waals surface area contributed by atoms with Gasteiger partial charge >= 0.3 is 5.97 Å². The molecule has 5 rings (SSSR count). The minimum atomic E-state index is -0.652. The van der Waals surface area contributed by atoms with E-state index in [9.17, 15) is 14.4 Å². The van der Waals surface area contributed by atoms with Gasteiger partial charge in [0.05, 0.1) is 12.5 Å². The molecule has 4 nitrogen and oxygen atoms in total. The van der Waals surface area contributed by atoms with E-state index in [0.29, 0.717) is 12.2 Å². The average molecular weight is 481 g/mol. The van der Waals surface area contributed by atoms with Gasteiger partial charge in [-0.05, 0) is 96.7 Å². The van der Waals surface area contributed by atoms with E-state index in [1.807, 2.05) is 13.0 Å². The molecule has 7 atom stereocenters. The van der Waals surface area contributed by atoms with Crippen LogP contribution in [0.5, 0.6) is 0 Å². The Morgan fingerprint density at radius 2 is 1.54 bits per heavy atom. The fourth-order valence-electron chi connectivity index (χ4n) is 9.79. The van der Waals surface area contributed by atoms with Crippen LogP contribution in [-0.2, 0) is 19.1 Å². The third kappa shape index (κ3) is 2.95. The quantitative estimate of drug-likeness (QED) is 0.395. The molecule has 3 saturated carbocycles. The summed E-state index contributed by atoms with van der Waals surface area (Å²) in [6, 6.07) is 0. The monoisotopic (exact) mass is 480 g/mol. The number of rotatable bonds is 1. The van der Waals surface area contributed by atoms with Crippen LogP contribution < -0.4 is 0 Å². The normalized spacial score (nSPS) is 48.5. The molecular weight excluding hydrogens is 436 g/mol. The number of methoxy groups -OCH3 is 1. The molecule has 192 valence electrons. The van der Waals surface area contributed by atoms with E-state index in [4.69, 9.17) is 4.74 Å². The van der Waals surface area contributed by atoms with Crippen molar-refractivity contribution in [2.24, 2.45) is 44.3 Å². The number of fused-ring (bicyclic) bond motifs is 7. The zero-order valence-corrected chi connectivity index (χ0v) is 23.1. The largest absolute Gasteiger partial charge is 0.468 e. The van der Waals surface area contributed by atoms with E-state index in [-0.39, 0.29) is 50.7 Å². The lowest BCUT2D eigenvalue weighted by Crippen LogP contribution is -2.65. The molecule has 0 aliphatic heterocycles. The Morgan fingerprint density at radius 1 is 0.886 bits per heavy atom. The topological polar surface area (TPSA) is 60.4 Å². The summed E-state index contributed by atoms with van der Waals surface area (Å²) >= 11 is 0. The first-order chi connectivity index (χ1) is 16.1. The summed E-state index contributed by atoms with van der Waals surface area (Å²) < 4.78 is 5.20. The Kier molecular flexibility index (Phi) is 5.13. The second-order valence-electron chi connectivity index (χ2n) is 14.4. The number of allylic oxidation sites excluding steroid dienone is 3. The van der Waals surface area contributed by atoms with Gasteiger partial charge in [0.15, 0.2) is 5.78 Å². The van der Waals surface area contributed by atoms with E-state index in [1.54, 1.807) is 0 Å². The van der Waals surface area contributed by atoms with Crippen LogP contribution in [0.2, 0.25) is 0 Å². The predicted molar refractivity (Wildman–Crippen MR) is 136 cm³/mol. The highest BCUT2D eigenvalue weighted by Crippen LogP contribution is 2.74. The zero-order valence-electron chi connectivity index (χ0n) is 23.1. The van der Waals surface area contributed by atoms with Crippen LogP contribution in [0, 0.1) is 44.3 Å². The second-order valence-corrected chi connectivity index (χ2v) is 14.4. The van der Waals surface area contributed by atoms with Gasteiger partial charge in [-0.1, -0.05) is 47.6 Å². The number of esters is 1. The van der Waals surface area contributed by atoms with E-state index in [2.05, 4.69) is 47.6 Å². The Labute approximate surface area is 211 Å². The highest BCUT2D eigenvalue weighted by Gasteiger charge is 2.69. The second kappa shape index (κ2) is 7.19. The summed E-state index contributed by atoms with van der Waals surface area (Å²) in [6.07, 6.45) is 11.3. The summed E-state index contributed by atoms with van der Waals surface area (Å²) in [5.74, 6) is 0.580. The van der Waals surface area contributed by atoms with Crippen LogP contribution in [-0.4, -0.2) is 24.6 Å². The highest BCUT2D eigenvalue weighted by atomic mass is 16.5. The lowest BCUT2D eigenvalue weighted by Gasteiger charge is -2.68. The van der Waals surface area contributed by atoms with Crippen molar-refractivity contribution in [1.29, 1.82) is 0 Å². The van der Waals surface area contributed by atoms with E-state index in [0.717, 1.165) is 44.9 Å². The van der Waals surface area contributed by atoms with Crippen molar-refractivity contribution in [2.75, 3.05) is 7.11 Å². The molecule has 0 unspecified atom stereocenters. The van der Waals surface area contributed by atoms with Crippen molar-refractivity contribution >= 4 is 17.5 Å². The van der Waals surface area contributed by atoms with Gasteiger partial charge in [-0.25, -0.2) is 0 Å². The van der Waals surface area contributed by atoms with Crippen molar-refractivity contribution in [3.05, 3.63) is 23.3 Å². The maximum atomic E-state index is 14.2. The predicted octanol–water partition coefficient (Wildman–Crippen LogP) is 6.63. The lowest BCUT2D eigenvalue weighted by atomic mass is 9.34. The molecule has 0 bridgehead atoms. The van der Waals surface area contributed by atoms with Gasteiger partial charge in [0.1, 0.15) is 5.78 Å². The molecule has 0 aromatic heterocycles. The molecule has 0 aromatic rings. The maximum absolute atomic E-state index is 14.2. The van der Waals surface area contributed by atoms with Crippen molar-refractivity contribution in [3.8, 4) is 0 Å². The minimum Gasteiger partial charge on any atom is -0.468 e. The minimum absolute atomic E-state index is 0.0112. The lowest BCUT2D eigenvalue weighted by molar-refractivity contribution is -0.182. The number of ether oxygens (including phenoxy) is 1. The number of ketones is 2. The molecule has 5 aliphatic rings. The summed E-state index contributed by atoms with van der Waals surface area (Å²) in [7, 11) is 1.47. The number of carbonyl (C=O) groups excluding carboxylic acids is 3. The molecule has 3 fully saturated rings. The van der Waals surface area contributed by atoms with Crippen LogP contribution in [0.25, 0.3) is 0 Å². The molecule has 35 heavy (non-hydrogen) atoms. The van der Waals surface area contributed by atoms with Crippen LogP contribution in [0.4, 0.5) is 0 Å². The Balaban J connectivity index is 1.67. The van der Waals surface area contributed by atoms with Gasteiger partial charge in [0.2, 0.25) is 0 Å². The maximum Gasteiger partial charge on any atom is 0.315 e. The average Bonchev–Trinajstić information content (AvgIpc) is 2.78. The first-order valence-electron chi connectivity index (χ1n) is 13.7. The van der Waals surface area contributed by atoms with Gasteiger partial charge in [0.25, 0.3) is 0 Å². The van der Waals surface area contributed by atoms with Gasteiger partial charge in [-0.2, -0.15) is 0 Å². The first-order valence-corrected chi connectivity index (χ1v) is 13.7. The fraction of sp³-hybridized carbons (Fsp3) is 0.774. The fourth-order valence-corrected chi connectivity index (χ4v) is 9.79. The molecule has 0 aromatic carbocycles. The SMILES string of the molecule is COC(=O)[C@]1(C)C=C2C3=CC(=O)[C@@H]4[C@@]5(C)CCC(=O)C(C)(C)[C@@H]5CC[C@@]4(C)[C@]3(C)CC[C@@]2(C)CC1. The number of hydrogen-bond acceptors (Lipinski definition) is 4. The molecule has 0 N–H and O–H groups in total. The van der Waals surface area contributed by atoms with Gasteiger partial charge < -0.3 is 4.74 Å². The molecule has 0 amide bonds. The van der Waals surface area contributed by atoms with E-state index >= 15 is 0 Å². The standard InChI is InChI=1S/C31H44O4/c1-26(2)22-9-12-31(7)24(29(22,5)11-10-23(26)33)21(32)17-19-20-18-28(4,25(34)35-8)14-13-27(20,3)15-16-30(19,31)6/h17-18,22,24H,9-16H2,1-8H3/t22-,24+,27+,28-,29-,30+,31+/m0/s1. The Morgan fingerprint density at radius 3 is 2.20 bits per heavy atom. The van der Waals surface area contributed by atoms with Crippen molar-refractivity contribution in [3.63, 3.8) is 0 Å². The first kappa shape index (κ1) is 25.0. The summed E-state index contributed by atoms with van der Waals surface area (Å²) in [6.45, 7) is 15.6. The van der Waals surface area contributed by atoms with E-state index < -0.39 is 5.41 Å². The molecule has 0 heterocycles. The van der Waals surface area contributed by atoms with Gasteiger partial charge in [-0.3, -0.25) is 14.4 Å². The smallest absolute Gasteiger partial charge is 0.315 e. The molecule has 5 aliphatic carbocycles. The van der Waals surface area contributed by atoms with Crippen molar-refractivity contribution in [2.45, 2.75) is 99.8 Å². The summed E-state index contributed by atoms with van der Waals surface area (Å²) in [5.41, 5.74) is 0.877. The third-order valence-corrected chi connectivity index (χ3v) is 12.4. The molecule has 4 heteroatoms. The van der Waals surface area contributed by atoms with Crippen molar-refractivity contribution in [1.82, 2.24) is 0 Å². The van der Waals surface area contributed by atoms with E-state index in [1.165, 1.54) is 18.3 Å². The molecule has 0 radical (unpaired) electrons. The van der Waals surface area contributed by atoms with Gasteiger partial charge in [-0.15, -0.1) is 0 Å². The highest BCUT2D eigenvalue weighted by molar-refractivity contribution is 5.97. The van der Waals surface area contributed by atoms with Crippen LogP contribution in [0.3, 0.4) is 0 Å². The number of hydrogen-bond donors (Lipinski definition) is 0. The van der Waals surface area contributed by atoms with Gasteiger partial charge in [0, 0.05) is 17.8 Å². The number of Topliss-reactive ketones (excluding diaryl/α,β-unsaturated/α-hetero) is 1. The molecular formula is C31H44O4. The Hall–Kier alpha value is -1.71. The molecule has 0 spiro atoms. The molecule has 0 saturated heterocycles.